The second kappa shape index (κ2) is 7.23. The quantitative estimate of drug-likeness (QED) is 0.844. The van der Waals surface area contributed by atoms with E-state index in [1.807, 2.05) is 0 Å². The van der Waals surface area contributed by atoms with Gasteiger partial charge in [-0.25, -0.2) is 8.42 Å². The van der Waals surface area contributed by atoms with E-state index >= 15 is 0 Å². The lowest BCUT2D eigenvalue weighted by molar-refractivity contribution is 0.213. The topological polar surface area (TPSA) is 49.4 Å². The van der Waals surface area contributed by atoms with Gasteiger partial charge in [0, 0.05) is 25.2 Å². The first-order valence-corrected chi connectivity index (χ1v) is 9.52. The lowest BCUT2D eigenvalue weighted by Crippen LogP contribution is -2.43. The predicted molar refractivity (Wildman–Crippen MR) is 85.9 cm³/mol. The average Bonchev–Trinajstić information content (AvgIpc) is 2.48. The first kappa shape index (κ1) is 17.9. The van der Waals surface area contributed by atoms with Gasteiger partial charge >= 0.3 is 0 Å². The van der Waals surface area contributed by atoms with Crippen molar-refractivity contribution in [2.24, 2.45) is 0 Å². The Morgan fingerprint density at radius 1 is 1.30 bits per heavy atom. The predicted octanol–water partition coefficient (Wildman–Crippen LogP) is 2.05. The van der Waals surface area contributed by atoms with E-state index in [2.05, 4.69) is 24.1 Å². The van der Waals surface area contributed by atoms with Crippen molar-refractivity contribution in [3.63, 3.8) is 0 Å². The van der Waals surface area contributed by atoms with E-state index in [0.717, 1.165) is 25.9 Å². The number of nitrogens with zero attached hydrogens (tertiary/aromatic N) is 1. The Balaban J connectivity index is 2.64. The van der Waals surface area contributed by atoms with Gasteiger partial charge in [-0.05, 0) is 47.1 Å². The van der Waals surface area contributed by atoms with E-state index in [0.29, 0.717) is 18.6 Å². The molecule has 0 aromatic heterocycles. The summed E-state index contributed by atoms with van der Waals surface area (Å²) < 4.78 is 23.9. The van der Waals surface area contributed by atoms with Crippen LogP contribution in [0.4, 0.5) is 0 Å². The molecule has 0 spiro atoms. The Labute approximate surface area is 125 Å². The van der Waals surface area contributed by atoms with Crippen LogP contribution in [0, 0.1) is 0 Å². The van der Waals surface area contributed by atoms with Crippen LogP contribution in [0.25, 0.3) is 0 Å². The summed E-state index contributed by atoms with van der Waals surface area (Å²) in [5.41, 5.74) is 0. The maximum atomic E-state index is 12.3. The van der Waals surface area contributed by atoms with Gasteiger partial charge in [0.15, 0.2) is 9.84 Å². The van der Waals surface area contributed by atoms with Crippen molar-refractivity contribution in [1.82, 2.24) is 10.2 Å². The summed E-state index contributed by atoms with van der Waals surface area (Å²) in [4.78, 5) is 2.35. The van der Waals surface area contributed by atoms with Crippen molar-refractivity contribution in [1.29, 1.82) is 0 Å². The zero-order valence-electron chi connectivity index (χ0n) is 13.8. The van der Waals surface area contributed by atoms with Gasteiger partial charge in [-0.15, -0.1) is 0 Å². The van der Waals surface area contributed by atoms with Crippen LogP contribution in [0.2, 0.25) is 0 Å². The van der Waals surface area contributed by atoms with Crippen LogP contribution in [0.3, 0.4) is 0 Å². The van der Waals surface area contributed by atoms with E-state index in [4.69, 9.17) is 0 Å². The van der Waals surface area contributed by atoms with Crippen molar-refractivity contribution in [2.45, 2.75) is 70.7 Å². The molecule has 2 unspecified atom stereocenters. The van der Waals surface area contributed by atoms with Crippen LogP contribution < -0.4 is 5.32 Å². The molecule has 1 aliphatic heterocycles. The summed E-state index contributed by atoms with van der Waals surface area (Å²) in [7, 11) is -3.02. The maximum Gasteiger partial charge on any atom is 0.156 e. The standard InChI is InChI=1S/C15H32N2O2S/c1-6-7-14-12-17(13(2)8-9-16-14)10-11-20(18,19)15(3,4)5/h13-14,16H,6-12H2,1-5H3. The second-order valence-corrected chi connectivity index (χ2v) is 9.87. The number of hydrogen-bond acceptors (Lipinski definition) is 4. The van der Waals surface area contributed by atoms with Gasteiger partial charge in [0.25, 0.3) is 0 Å². The van der Waals surface area contributed by atoms with Crippen LogP contribution in [-0.2, 0) is 9.84 Å². The minimum absolute atomic E-state index is 0.264. The fourth-order valence-electron chi connectivity index (χ4n) is 2.60. The average molecular weight is 305 g/mol. The molecular formula is C15H32N2O2S. The molecule has 5 heteroatoms. The zero-order valence-corrected chi connectivity index (χ0v) is 14.6. The molecule has 1 saturated heterocycles. The third-order valence-electron chi connectivity index (χ3n) is 4.29. The SMILES string of the molecule is CCCC1CN(CCS(=O)(=O)C(C)(C)C)C(C)CCN1. The third-order valence-corrected chi connectivity index (χ3v) is 6.88. The monoisotopic (exact) mass is 304 g/mol. The van der Waals surface area contributed by atoms with Crippen molar-refractivity contribution >= 4 is 9.84 Å². The molecule has 0 aromatic carbocycles. The smallest absolute Gasteiger partial charge is 0.156 e. The highest BCUT2D eigenvalue weighted by molar-refractivity contribution is 7.92. The van der Waals surface area contributed by atoms with Gasteiger partial charge < -0.3 is 5.32 Å². The normalized spacial score (nSPS) is 26.4. The molecule has 1 aliphatic rings. The summed E-state index contributed by atoms with van der Waals surface area (Å²) in [6, 6.07) is 0.960. The van der Waals surface area contributed by atoms with Crippen LogP contribution in [-0.4, -0.2) is 55.5 Å². The third kappa shape index (κ3) is 5.01. The number of hydrogen-bond donors (Lipinski definition) is 1. The Morgan fingerprint density at radius 3 is 2.50 bits per heavy atom. The second-order valence-electron chi connectivity index (χ2n) is 7.00. The molecule has 1 rings (SSSR count). The molecular weight excluding hydrogens is 272 g/mol. The Kier molecular flexibility index (Phi) is 6.48. The van der Waals surface area contributed by atoms with Gasteiger partial charge in [-0.3, -0.25) is 4.90 Å². The molecule has 20 heavy (non-hydrogen) atoms. The molecule has 0 aliphatic carbocycles. The largest absolute Gasteiger partial charge is 0.313 e. The molecule has 0 amide bonds. The van der Waals surface area contributed by atoms with Crippen molar-refractivity contribution in [2.75, 3.05) is 25.4 Å². The lowest BCUT2D eigenvalue weighted by atomic mass is 10.1. The number of nitrogens with one attached hydrogen (secondary N) is 1. The Bertz CT molecular complexity index is 387. The molecule has 120 valence electrons. The molecule has 1 heterocycles. The van der Waals surface area contributed by atoms with Gasteiger partial charge in [-0.1, -0.05) is 13.3 Å². The minimum Gasteiger partial charge on any atom is -0.313 e. The highest BCUT2D eigenvalue weighted by Crippen LogP contribution is 2.18. The van der Waals surface area contributed by atoms with E-state index in [1.165, 1.54) is 6.42 Å². The number of rotatable bonds is 5. The fourth-order valence-corrected chi connectivity index (χ4v) is 3.69. The summed E-state index contributed by atoms with van der Waals surface area (Å²) in [6.07, 6.45) is 3.42. The molecule has 2 atom stereocenters. The summed E-state index contributed by atoms with van der Waals surface area (Å²) in [6.45, 7) is 12.4. The van der Waals surface area contributed by atoms with Crippen LogP contribution >= 0.6 is 0 Å². The van der Waals surface area contributed by atoms with Crippen molar-refractivity contribution in [3.8, 4) is 0 Å². The molecule has 0 saturated carbocycles. The minimum atomic E-state index is -3.02. The summed E-state index contributed by atoms with van der Waals surface area (Å²) >= 11 is 0. The number of sulfone groups is 1. The van der Waals surface area contributed by atoms with E-state index in [-0.39, 0.29) is 5.75 Å². The molecule has 0 radical (unpaired) electrons. The van der Waals surface area contributed by atoms with Gasteiger partial charge in [0.1, 0.15) is 0 Å². The van der Waals surface area contributed by atoms with Crippen LogP contribution in [0.1, 0.15) is 53.9 Å². The molecule has 0 aromatic rings. The molecule has 1 N–H and O–H groups in total. The van der Waals surface area contributed by atoms with Crippen molar-refractivity contribution < 1.29 is 8.42 Å². The van der Waals surface area contributed by atoms with Crippen LogP contribution in [0.15, 0.2) is 0 Å². The molecule has 1 fully saturated rings. The maximum absolute atomic E-state index is 12.3. The highest BCUT2D eigenvalue weighted by atomic mass is 32.2. The zero-order chi connectivity index (χ0) is 15.4. The summed E-state index contributed by atoms with van der Waals surface area (Å²) in [5.74, 6) is 0.264. The molecule has 4 nitrogen and oxygen atoms in total. The van der Waals surface area contributed by atoms with Crippen LogP contribution in [0.5, 0.6) is 0 Å². The van der Waals surface area contributed by atoms with Gasteiger partial charge in [0.05, 0.1) is 10.5 Å². The van der Waals surface area contributed by atoms with E-state index < -0.39 is 14.6 Å². The fraction of sp³-hybridized carbons (Fsp3) is 1.00. The van der Waals surface area contributed by atoms with Gasteiger partial charge in [-0.2, -0.15) is 0 Å². The van der Waals surface area contributed by atoms with E-state index in [1.54, 1.807) is 20.8 Å². The Hall–Kier alpha value is -0.130. The van der Waals surface area contributed by atoms with E-state index in [9.17, 15) is 8.42 Å². The highest BCUT2D eigenvalue weighted by Gasteiger charge is 2.30. The summed E-state index contributed by atoms with van der Waals surface area (Å²) in [5, 5.41) is 3.58. The van der Waals surface area contributed by atoms with Gasteiger partial charge in [0.2, 0.25) is 0 Å². The first-order valence-electron chi connectivity index (χ1n) is 7.87. The lowest BCUT2D eigenvalue weighted by Gasteiger charge is -2.30. The van der Waals surface area contributed by atoms with Crippen molar-refractivity contribution in [3.05, 3.63) is 0 Å². The first-order chi connectivity index (χ1) is 9.17. The Morgan fingerprint density at radius 2 is 1.95 bits per heavy atom. The molecule has 0 bridgehead atoms.